The van der Waals surface area contributed by atoms with Crippen molar-refractivity contribution in [2.75, 3.05) is 18.1 Å². The van der Waals surface area contributed by atoms with E-state index in [0.717, 1.165) is 56.2 Å². The lowest BCUT2D eigenvalue weighted by Crippen LogP contribution is -2.52. The summed E-state index contributed by atoms with van der Waals surface area (Å²) in [6, 6.07) is 7.99. The number of unbranched alkanes of at least 4 members (excludes halogenated alkanes) is 3. The second kappa shape index (κ2) is 9.22. The van der Waals surface area contributed by atoms with Crippen LogP contribution in [-0.4, -0.2) is 27.3 Å². The molecule has 0 radical (unpaired) electrons. The van der Waals surface area contributed by atoms with Crippen LogP contribution in [0.5, 0.6) is 5.75 Å². The van der Waals surface area contributed by atoms with Crippen molar-refractivity contribution in [2.45, 2.75) is 59.5 Å². The smallest absolute Gasteiger partial charge is 0.364 e. The van der Waals surface area contributed by atoms with E-state index in [0.29, 0.717) is 30.2 Å². The molecular weight excluding hydrogens is 406 g/mol. The van der Waals surface area contributed by atoms with Crippen LogP contribution in [0.1, 0.15) is 46.5 Å². The third kappa shape index (κ3) is 3.94. The first kappa shape index (κ1) is 22.2. The van der Waals surface area contributed by atoms with Crippen LogP contribution in [0.2, 0.25) is 0 Å². The number of nitrogens with one attached hydrogen (secondary N) is 1. The van der Waals surface area contributed by atoms with Crippen molar-refractivity contribution in [3.8, 4) is 5.75 Å². The SMILES string of the molecule is CCCCCCn1c(=O)c2c([nH]c3[n+]2C[C@@H](C)CN3c2ccc(OCC)cc2)n(C)c1=O. The Kier molecular flexibility index (Phi) is 6.39. The van der Waals surface area contributed by atoms with Gasteiger partial charge in [0.05, 0.1) is 19.7 Å². The van der Waals surface area contributed by atoms with Gasteiger partial charge in [0.1, 0.15) is 11.4 Å². The molecule has 0 bridgehead atoms. The van der Waals surface area contributed by atoms with Crippen molar-refractivity contribution >= 4 is 22.8 Å². The molecule has 1 atom stereocenters. The quantitative estimate of drug-likeness (QED) is 0.431. The van der Waals surface area contributed by atoms with Gasteiger partial charge in [-0.25, -0.2) is 19.2 Å². The van der Waals surface area contributed by atoms with Crippen LogP contribution in [0, 0.1) is 5.92 Å². The first-order chi connectivity index (χ1) is 15.5. The minimum absolute atomic E-state index is 0.206. The fourth-order valence-corrected chi connectivity index (χ4v) is 4.59. The maximum absolute atomic E-state index is 13.4. The largest absolute Gasteiger partial charge is 0.494 e. The number of rotatable bonds is 8. The number of ether oxygens (including phenoxy) is 1. The summed E-state index contributed by atoms with van der Waals surface area (Å²) in [6.45, 7) is 8.93. The second-order valence-electron chi connectivity index (χ2n) is 8.76. The Morgan fingerprint density at radius 2 is 1.88 bits per heavy atom. The minimum atomic E-state index is -0.265. The Morgan fingerprint density at radius 3 is 2.56 bits per heavy atom. The predicted octanol–water partition coefficient (Wildman–Crippen LogP) is 3.08. The highest BCUT2D eigenvalue weighted by Crippen LogP contribution is 2.29. The summed E-state index contributed by atoms with van der Waals surface area (Å²) in [5.74, 6) is 2.00. The van der Waals surface area contributed by atoms with Crippen LogP contribution in [0.3, 0.4) is 0 Å². The number of imidazole rings is 1. The van der Waals surface area contributed by atoms with Gasteiger partial charge in [0, 0.05) is 19.5 Å². The molecule has 1 aromatic carbocycles. The highest BCUT2D eigenvalue weighted by Gasteiger charge is 2.36. The van der Waals surface area contributed by atoms with Crippen molar-refractivity contribution in [1.82, 2.24) is 14.1 Å². The molecule has 1 aliphatic heterocycles. The van der Waals surface area contributed by atoms with Gasteiger partial charge in [-0.3, -0.25) is 13.9 Å². The van der Waals surface area contributed by atoms with Gasteiger partial charge >= 0.3 is 11.6 Å². The predicted molar refractivity (Wildman–Crippen MR) is 126 cm³/mol. The number of aromatic nitrogens is 4. The van der Waals surface area contributed by atoms with Crippen LogP contribution < -0.4 is 25.5 Å². The van der Waals surface area contributed by atoms with E-state index >= 15 is 0 Å². The molecule has 3 aromatic rings. The molecule has 3 heterocycles. The van der Waals surface area contributed by atoms with E-state index in [-0.39, 0.29) is 11.2 Å². The molecule has 32 heavy (non-hydrogen) atoms. The monoisotopic (exact) mass is 440 g/mol. The van der Waals surface area contributed by atoms with E-state index in [1.807, 2.05) is 35.8 Å². The number of aromatic amines is 1. The number of benzene rings is 1. The van der Waals surface area contributed by atoms with E-state index in [9.17, 15) is 9.59 Å². The molecule has 1 aliphatic rings. The third-order valence-corrected chi connectivity index (χ3v) is 6.22. The van der Waals surface area contributed by atoms with Crippen molar-refractivity contribution in [3.05, 3.63) is 45.1 Å². The van der Waals surface area contributed by atoms with Crippen molar-refractivity contribution in [3.63, 3.8) is 0 Å². The summed E-state index contributed by atoms with van der Waals surface area (Å²) in [7, 11) is 1.74. The molecule has 172 valence electrons. The summed E-state index contributed by atoms with van der Waals surface area (Å²) in [6.07, 6.45) is 4.08. The number of anilines is 2. The zero-order chi connectivity index (χ0) is 22.8. The van der Waals surface area contributed by atoms with Crippen LogP contribution in [0.15, 0.2) is 33.9 Å². The molecule has 4 rings (SSSR count). The highest BCUT2D eigenvalue weighted by molar-refractivity contribution is 5.70. The average molecular weight is 441 g/mol. The molecule has 8 nitrogen and oxygen atoms in total. The van der Waals surface area contributed by atoms with Gasteiger partial charge in [-0.2, -0.15) is 0 Å². The van der Waals surface area contributed by atoms with Gasteiger partial charge in [-0.15, -0.1) is 0 Å². The first-order valence-corrected chi connectivity index (χ1v) is 11.7. The lowest BCUT2D eigenvalue weighted by molar-refractivity contribution is -0.669. The molecule has 1 N–H and O–H groups in total. The summed E-state index contributed by atoms with van der Waals surface area (Å²) in [5.41, 5.74) is 1.69. The number of hydrogen-bond acceptors (Lipinski definition) is 4. The van der Waals surface area contributed by atoms with Crippen molar-refractivity contribution < 1.29 is 9.30 Å². The van der Waals surface area contributed by atoms with Gasteiger partial charge in [-0.05, 0) is 37.6 Å². The molecule has 0 saturated heterocycles. The van der Waals surface area contributed by atoms with Gasteiger partial charge < -0.3 is 4.74 Å². The molecule has 8 heteroatoms. The summed E-state index contributed by atoms with van der Waals surface area (Å²) in [4.78, 5) is 32.0. The second-order valence-corrected chi connectivity index (χ2v) is 8.76. The highest BCUT2D eigenvalue weighted by atomic mass is 16.5. The van der Waals surface area contributed by atoms with Crippen LogP contribution in [0.25, 0.3) is 11.2 Å². The zero-order valence-corrected chi connectivity index (χ0v) is 19.6. The van der Waals surface area contributed by atoms with E-state index in [1.165, 1.54) is 4.57 Å². The minimum Gasteiger partial charge on any atom is -0.494 e. The number of fused-ring (bicyclic) bond motifs is 3. The lowest BCUT2D eigenvalue weighted by Gasteiger charge is -2.26. The van der Waals surface area contributed by atoms with E-state index in [4.69, 9.17) is 4.74 Å². The normalized spacial score (nSPS) is 15.9. The van der Waals surface area contributed by atoms with Crippen LogP contribution >= 0.6 is 0 Å². The maximum Gasteiger partial charge on any atom is 0.364 e. The average Bonchev–Trinajstić information content (AvgIpc) is 3.17. The fraction of sp³-hybridized carbons (Fsp3) is 0.542. The van der Waals surface area contributed by atoms with Gasteiger partial charge in [0.15, 0.2) is 0 Å². The summed E-state index contributed by atoms with van der Waals surface area (Å²) in [5, 5.41) is 0. The summed E-state index contributed by atoms with van der Waals surface area (Å²) < 4.78 is 10.6. The van der Waals surface area contributed by atoms with Gasteiger partial charge in [-0.1, -0.05) is 33.1 Å². The Bertz CT molecular complexity index is 1210. The molecule has 2 aromatic heterocycles. The summed E-state index contributed by atoms with van der Waals surface area (Å²) >= 11 is 0. The zero-order valence-electron chi connectivity index (χ0n) is 19.6. The lowest BCUT2D eigenvalue weighted by atomic mass is 10.1. The first-order valence-electron chi connectivity index (χ1n) is 11.7. The maximum atomic E-state index is 13.4. The third-order valence-electron chi connectivity index (χ3n) is 6.22. The van der Waals surface area contributed by atoms with Crippen molar-refractivity contribution in [1.29, 1.82) is 0 Å². The number of aryl methyl sites for hydroxylation is 1. The van der Waals surface area contributed by atoms with Crippen molar-refractivity contribution in [2.24, 2.45) is 13.0 Å². The molecule has 0 unspecified atom stereocenters. The standard InChI is InChI=1S/C24H33N5O3/c1-5-7-8-9-14-27-22(30)20-21(26(4)24(27)31)25-23-28(15-17(3)16-29(20)23)18-10-12-19(13-11-18)32-6-2/h10-13,17H,5-9,14-16H2,1-4H3/p+1/t17-/m0/s1. The Morgan fingerprint density at radius 1 is 1.12 bits per heavy atom. The number of nitrogens with zero attached hydrogens (tertiary/aromatic N) is 4. The number of H-pyrrole nitrogens is 1. The Hall–Kier alpha value is -3.03. The Balaban J connectivity index is 1.80. The molecule has 0 saturated carbocycles. The number of hydrogen-bond donors (Lipinski definition) is 1. The molecule has 0 amide bonds. The topological polar surface area (TPSA) is 76.1 Å². The Labute approximate surface area is 188 Å². The molecule has 0 spiro atoms. The molecule has 0 fully saturated rings. The molecular formula is C24H34N5O3+. The van der Waals surface area contributed by atoms with E-state index < -0.39 is 0 Å². The molecule has 0 aliphatic carbocycles. The van der Waals surface area contributed by atoms with E-state index in [2.05, 4.69) is 23.7 Å². The van der Waals surface area contributed by atoms with E-state index in [1.54, 1.807) is 11.6 Å². The van der Waals surface area contributed by atoms with Crippen LogP contribution in [-0.2, 0) is 20.1 Å². The van der Waals surface area contributed by atoms with Gasteiger partial charge in [0.2, 0.25) is 11.2 Å². The van der Waals surface area contributed by atoms with Gasteiger partial charge in [0.25, 0.3) is 5.56 Å². The van der Waals surface area contributed by atoms with Crippen LogP contribution in [0.4, 0.5) is 11.6 Å². The fourth-order valence-electron chi connectivity index (χ4n) is 4.59.